The molecule has 1 saturated carbocycles. The van der Waals surface area contributed by atoms with Crippen molar-refractivity contribution in [3.8, 4) is 0 Å². The summed E-state index contributed by atoms with van der Waals surface area (Å²) in [4.78, 5) is 10.8. The molecule has 0 heterocycles. The highest BCUT2D eigenvalue weighted by Gasteiger charge is 2.48. The van der Waals surface area contributed by atoms with Gasteiger partial charge in [0.1, 0.15) is 0 Å². The number of hydrogen-bond donors (Lipinski definition) is 1. The molecule has 0 saturated heterocycles. The van der Waals surface area contributed by atoms with Gasteiger partial charge in [-0.2, -0.15) is 0 Å². The molecule has 1 unspecified atom stereocenters. The molecule has 0 aromatic heterocycles. The van der Waals surface area contributed by atoms with Crippen molar-refractivity contribution in [2.75, 3.05) is 6.61 Å². The molecular formula is C8H14O3. The minimum Gasteiger partial charge on any atom is -0.479 e. The van der Waals surface area contributed by atoms with Gasteiger partial charge in [0.25, 0.3) is 0 Å². The highest BCUT2D eigenvalue weighted by Crippen LogP contribution is 2.41. The van der Waals surface area contributed by atoms with Crippen LogP contribution < -0.4 is 0 Å². The third-order valence-electron chi connectivity index (χ3n) is 2.23. The average Bonchev–Trinajstić information content (AvgIpc) is 2.68. The highest BCUT2D eigenvalue weighted by atomic mass is 16.5. The molecule has 3 heteroatoms. The van der Waals surface area contributed by atoms with Crippen LogP contribution in [0.15, 0.2) is 0 Å². The predicted octanol–water partition coefficient (Wildman–Crippen LogP) is 1.28. The summed E-state index contributed by atoms with van der Waals surface area (Å²) >= 11 is 0. The molecule has 11 heavy (non-hydrogen) atoms. The maximum Gasteiger partial charge on any atom is 0.335 e. The second-order valence-electron chi connectivity index (χ2n) is 3.12. The zero-order valence-corrected chi connectivity index (χ0v) is 6.96. The molecule has 0 spiro atoms. The Balaban J connectivity index is 2.61. The lowest BCUT2D eigenvalue weighted by Crippen LogP contribution is -2.40. The van der Waals surface area contributed by atoms with Crippen molar-refractivity contribution in [1.29, 1.82) is 0 Å². The number of carboxylic acids is 1. The molecule has 0 bridgehead atoms. The third-order valence-corrected chi connectivity index (χ3v) is 2.23. The van der Waals surface area contributed by atoms with Gasteiger partial charge in [0.15, 0.2) is 5.60 Å². The monoisotopic (exact) mass is 158 g/mol. The Hall–Kier alpha value is -0.570. The Morgan fingerprint density at radius 2 is 2.27 bits per heavy atom. The Labute approximate surface area is 66.4 Å². The zero-order chi connectivity index (χ0) is 8.48. The van der Waals surface area contributed by atoms with E-state index < -0.39 is 11.6 Å². The molecule has 1 rings (SSSR count). The van der Waals surface area contributed by atoms with Crippen LogP contribution in [0.25, 0.3) is 0 Å². The first-order valence-electron chi connectivity index (χ1n) is 3.98. The number of ether oxygens (including phenoxy) is 1. The molecule has 64 valence electrons. The summed E-state index contributed by atoms with van der Waals surface area (Å²) in [5.41, 5.74) is -0.922. The first-order chi connectivity index (χ1) is 5.11. The Kier molecular flexibility index (Phi) is 2.18. The van der Waals surface area contributed by atoms with Crippen LogP contribution in [0.5, 0.6) is 0 Å². The van der Waals surface area contributed by atoms with E-state index in [1.807, 2.05) is 6.92 Å². The standard InChI is InChI=1S/C8H14O3/c1-3-11-8(2,7(9)10)6-4-5-6/h6H,3-5H2,1-2H3,(H,9,10). The third kappa shape index (κ3) is 1.53. The van der Waals surface area contributed by atoms with E-state index in [0.717, 1.165) is 12.8 Å². The molecule has 1 N–H and O–H groups in total. The van der Waals surface area contributed by atoms with Gasteiger partial charge in [0.2, 0.25) is 0 Å². The van der Waals surface area contributed by atoms with Gasteiger partial charge in [-0.05, 0) is 32.6 Å². The maximum absolute atomic E-state index is 10.8. The lowest BCUT2D eigenvalue weighted by atomic mass is 10.0. The molecule has 3 nitrogen and oxygen atoms in total. The van der Waals surface area contributed by atoms with Crippen LogP contribution in [0.3, 0.4) is 0 Å². The van der Waals surface area contributed by atoms with Crippen molar-refractivity contribution in [1.82, 2.24) is 0 Å². The van der Waals surface area contributed by atoms with Gasteiger partial charge in [-0.15, -0.1) is 0 Å². The van der Waals surface area contributed by atoms with E-state index in [1.54, 1.807) is 6.92 Å². The lowest BCUT2D eigenvalue weighted by Gasteiger charge is -2.23. The molecule has 0 aliphatic heterocycles. The number of carbonyl (C=O) groups is 1. The predicted molar refractivity (Wildman–Crippen MR) is 40.4 cm³/mol. The summed E-state index contributed by atoms with van der Waals surface area (Å²) in [5, 5.41) is 8.85. The van der Waals surface area contributed by atoms with E-state index in [9.17, 15) is 4.79 Å². The van der Waals surface area contributed by atoms with Crippen molar-refractivity contribution in [2.24, 2.45) is 5.92 Å². The van der Waals surface area contributed by atoms with Crippen LogP contribution in [-0.4, -0.2) is 23.3 Å². The Bertz CT molecular complexity index is 163. The van der Waals surface area contributed by atoms with E-state index in [4.69, 9.17) is 9.84 Å². The molecule has 0 amide bonds. The van der Waals surface area contributed by atoms with Crippen LogP contribution in [0.1, 0.15) is 26.7 Å². The van der Waals surface area contributed by atoms with Crippen molar-refractivity contribution in [2.45, 2.75) is 32.3 Å². The fourth-order valence-electron chi connectivity index (χ4n) is 1.29. The number of rotatable bonds is 4. The van der Waals surface area contributed by atoms with E-state index in [0.29, 0.717) is 6.61 Å². The summed E-state index contributed by atoms with van der Waals surface area (Å²) < 4.78 is 5.22. The van der Waals surface area contributed by atoms with Gasteiger partial charge in [-0.1, -0.05) is 0 Å². The maximum atomic E-state index is 10.8. The van der Waals surface area contributed by atoms with Crippen molar-refractivity contribution < 1.29 is 14.6 Å². The minimum absolute atomic E-state index is 0.236. The molecule has 1 atom stereocenters. The smallest absolute Gasteiger partial charge is 0.335 e. The summed E-state index contributed by atoms with van der Waals surface area (Å²) in [6.07, 6.45) is 1.98. The summed E-state index contributed by atoms with van der Waals surface area (Å²) in [7, 11) is 0. The SMILES string of the molecule is CCOC(C)(C(=O)O)C1CC1. The van der Waals surface area contributed by atoms with Gasteiger partial charge >= 0.3 is 5.97 Å². The van der Waals surface area contributed by atoms with Crippen LogP contribution in [-0.2, 0) is 9.53 Å². The molecule has 0 aromatic carbocycles. The van der Waals surface area contributed by atoms with Gasteiger partial charge in [0.05, 0.1) is 0 Å². The van der Waals surface area contributed by atoms with Crippen LogP contribution in [0, 0.1) is 5.92 Å². The van der Waals surface area contributed by atoms with Crippen molar-refractivity contribution in [3.05, 3.63) is 0 Å². The quantitative estimate of drug-likeness (QED) is 0.670. The summed E-state index contributed by atoms with van der Waals surface area (Å²) in [5.74, 6) is -0.596. The average molecular weight is 158 g/mol. The lowest BCUT2D eigenvalue weighted by molar-refractivity contribution is -0.166. The second-order valence-corrected chi connectivity index (χ2v) is 3.12. The molecule has 0 aromatic rings. The van der Waals surface area contributed by atoms with E-state index >= 15 is 0 Å². The van der Waals surface area contributed by atoms with Gasteiger partial charge in [-0.25, -0.2) is 4.79 Å². The zero-order valence-electron chi connectivity index (χ0n) is 6.96. The molecule has 1 aliphatic carbocycles. The van der Waals surface area contributed by atoms with E-state index in [-0.39, 0.29) is 5.92 Å². The molecular weight excluding hydrogens is 144 g/mol. The van der Waals surface area contributed by atoms with Crippen LogP contribution >= 0.6 is 0 Å². The normalized spacial score (nSPS) is 22.7. The highest BCUT2D eigenvalue weighted by molar-refractivity contribution is 5.77. The molecule has 1 fully saturated rings. The summed E-state index contributed by atoms with van der Waals surface area (Å²) in [6, 6.07) is 0. The number of hydrogen-bond acceptors (Lipinski definition) is 2. The first kappa shape index (κ1) is 8.53. The van der Waals surface area contributed by atoms with Gasteiger partial charge < -0.3 is 9.84 Å². The number of carboxylic acid groups (broad SMARTS) is 1. The minimum atomic E-state index is -0.922. The number of aliphatic carboxylic acids is 1. The fraction of sp³-hybridized carbons (Fsp3) is 0.875. The van der Waals surface area contributed by atoms with Gasteiger partial charge in [-0.3, -0.25) is 0 Å². The molecule has 0 radical (unpaired) electrons. The molecule has 1 aliphatic rings. The topological polar surface area (TPSA) is 46.5 Å². The Morgan fingerprint density at radius 3 is 2.55 bits per heavy atom. The fourth-order valence-corrected chi connectivity index (χ4v) is 1.29. The van der Waals surface area contributed by atoms with E-state index in [2.05, 4.69) is 0 Å². The van der Waals surface area contributed by atoms with E-state index in [1.165, 1.54) is 0 Å². The van der Waals surface area contributed by atoms with Crippen molar-refractivity contribution in [3.63, 3.8) is 0 Å². The first-order valence-corrected chi connectivity index (χ1v) is 3.98. The second kappa shape index (κ2) is 2.81. The Morgan fingerprint density at radius 1 is 1.73 bits per heavy atom. The largest absolute Gasteiger partial charge is 0.479 e. The summed E-state index contributed by atoms with van der Waals surface area (Å²) in [6.45, 7) is 3.96. The van der Waals surface area contributed by atoms with Crippen LogP contribution in [0.2, 0.25) is 0 Å². The van der Waals surface area contributed by atoms with Gasteiger partial charge in [0, 0.05) is 6.61 Å². The van der Waals surface area contributed by atoms with Crippen molar-refractivity contribution >= 4 is 5.97 Å². The van der Waals surface area contributed by atoms with Crippen LogP contribution in [0.4, 0.5) is 0 Å².